The molecule has 0 saturated heterocycles. The Morgan fingerprint density at radius 3 is 2.70 bits per heavy atom. The first-order valence-electron chi connectivity index (χ1n) is 5.68. The van der Waals surface area contributed by atoms with E-state index in [0.717, 1.165) is 12.1 Å². The van der Waals surface area contributed by atoms with Gasteiger partial charge in [-0.25, -0.2) is 0 Å². The van der Waals surface area contributed by atoms with Crippen LogP contribution >= 0.6 is 23.4 Å². The topological polar surface area (TPSA) is 55.1 Å². The molecule has 20 heavy (non-hydrogen) atoms. The minimum absolute atomic E-state index is 0.0197. The molecule has 1 atom stereocenters. The molecular formula is C12H14ClF3N2OS. The highest BCUT2D eigenvalue weighted by Gasteiger charge is 2.33. The highest BCUT2D eigenvalue weighted by Crippen LogP contribution is 2.36. The van der Waals surface area contributed by atoms with Gasteiger partial charge in [0.2, 0.25) is 5.91 Å². The number of nitrogens with two attached hydrogens (primary N) is 1. The zero-order chi connectivity index (χ0) is 15.3. The predicted molar refractivity (Wildman–Crippen MR) is 76.1 cm³/mol. The lowest BCUT2D eigenvalue weighted by molar-refractivity contribution is -0.137. The van der Waals surface area contributed by atoms with Gasteiger partial charge in [-0.3, -0.25) is 4.79 Å². The molecule has 0 aromatic heterocycles. The van der Waals surface area contributed by atoms with Crippen molar-refractivity contribution in [2.75, 3.05) is 17.3 Å². The van der Waals surface area contributed by atoms with Crippen LogP contribution in [0, 0.1) is 0 Å². The van der Waals surface area contributed by atoms with E-state index in [2.05, 4.69) is 5.32 Å². The molecular weight excluding hydrogens is 313 g/mol. The summed E-state index contributed by atoms with van der Waals surface area (Å²) in [5, 5.41) is 1.94. The first kappa shape index (κ1) is 17.1. The number of carbonyl (C=O) groups is 1. The van der Waals surface area contributed by atoms with Gasteiger partial charge in [-0.15, -0.1) is 0 Å². The van der Waals surface area contributed by atoms with Crippen LogP contribution in [0.15, 0.2) is 18.2 Å². The van der Waals surface area contributed by atoms with Crippen LogP contribution in [-0.2, 0) is 11.0 Å². The molecule has 1 aromatic carbocycles. The first-order chi connectivity index (χ1) is 9.25. The maximum atomic E-state index is 12.7. The second-order valence-corrected chi connectivity index (χ2v) is 5.46. The maximum Gasteiger partial charge on any atom is 0.417 e. The van der Waals surface area contributed by atoms with Crippen LogP contribution in [0.2, 0.25) is 5.02 Å². The van der Waals surface area contributed by atoms with Crippen molar-refractivity contribution in [1.29, 1.82) is 0 Å². The number of hydrogen-bond acceptors (Lipinski definition) is 3. The molecule has 0 aliphatic rings. The minimum Gasteiger partial charge on any atom is -0.325 e. The number of halogens is 4. The highest BCUT2D eigenvalue weighted by molar-refractivity contribution is 7.98. The SMILES string of the molecule is CSCC[C@H](N)C(=O)Nc1ccc(Cl)c(C(F)(F)F)c1. The summed E-state index contributed by atoms with van der Waals surface area (Å²) in [4.78, 5) is 11.7. The van der Waals surface area contributed by atoms with Crippen LogP contribution in [0.1, 0.15) is 12.0 Å². The van der Waals surface area contributed by atoms with Crippen LogP contribution in [-0.4, -0.2) is 24.0 Å². The van der Waals surface area contributed by atoms with Gasteiger partial charge in [-0.2, -0.15) is 24.9 Å². The molecule has 0 fully saturated rings. The third-order valence-corrected chi connectivity index (χ3v) is 3.48. The van der Waals surface area contributed by atoms with Gasteiger partial charge in [-0.05, 0) is 36.6 Å². The fourth-order valence-electron chi connectivity index (χ4n) is 1.43. The van der Waals surface area contributed by atoms with Crippen LogP contribution in [0.3, 0.4) is 0 Å². The number of rotatable bonds is 5. The Bertz CT molecular complexity index is 482. The number of anilines is 1. The molecule has 0 radical (unpaired) electrons. The van der Waals surface area contributed by atoms with Gasteiger partial charge in [0.15, 0.2) is 0 Å². The smallest absolute Gasteiger partial charge is 0.325 e. The second-order valence-electron chi connectivity index (χ2n) is 4.07. The summed E-state index contributed by atoms with van der Waals surface area (Å²) < 4.78 is 38.0. The van der Waals surface area contributed by atoms with Gasteiger partial charge in [0.05, 0.1) is 16.6 Å². The van der Waals surface area contributed by atoms with Gasteiger partial charge >= 0.3 is 6.18 Å². The fraction of sp³-hybridized carbons (Fsp3) is 0.417. The maximum absolute atomic E-state index is 12.7. The second kappa shape index (κ2) is 7.19. The van der Waals surface area contributed by atoms with Gasteiger partial charge in [0.25, 0.3) is 0 Å². The molecule has 0 bridgehead atoms. The van der Waals surface area contributed by atoms with E-state index in [1.165, 1.54) is 17.8 Å². The largest absolute Gasteiger partial charge is 0.417 e. The highest BCUT2D eigenvalue weighted by atomic mass is 35.5. The Labute approximate surface area is 124 Å². The van der Waals surface area contributed by atoms with Gasteiger partial charge < -0.3 is 11.1 Å². The van der Waals surface area contributed by atoms with E-state index >= 15 is 0 Å². The van der Waals surface area contributed by atoms with Gasteiger partial charge in [0, 0.05) is 5.69 Å². The van der Waals surface area contributed by atoms with E-state index in [4.69, 9.17) is 17.3 Å². The molecule has 0 unspecified atom stereocenters. The van der Waals surface area contributed by atoms with Crippen molar-refractivity contribution in [3.8, 4) is 0 Å². The van der Waals surface area contributed by atoms with Crippen molar-refractivity contribution in [1.82, 2.24) is 0 Å². The zero-order valence-electron chi connectivity index (χ0n) is 10.6. The van der Waals surface area contributed by atoms with Crippen LogP contribution < -0.4 is 11.1 Å². The molecule has 112 valence electrons. The van der Waals surface area contributed by atoms with Crippen molar-refractivity contribution >= 4 is 35.0 Å². The molecule has 1 aromatic rings. The van der Waals surface area contributed by atoms with Crippen molar-refractivity contribution in [2.45, 2.75) is 18.6 Å². The summed E-state index contributed by atoms with van der Waals surface area (Å²) in [5.41, 5.74) is 4.66. The molecule has 8 heteroatoms. The van der Waals surface area contributed by atoms with Crippen molar-refractivity contribution in [3.63, 3.8) is 0 Å². The molecule has 0 aliphatic carbocycles. The third kappa shape index (κ3) is 4.88. The molecule has 3 nitrogen and oxygen atoms in total. The summed E-state index contributed by atoms with van der Waals surface area (Å²) in [5.74, 6) is 0.178. The number of carbonyl (C=O) groups excluding carboxylic acids is 1. The molecule has 0 spiro atoms. The number of benzene rings is 1. The lowest BCUT2D eigenvalue weighted by atomic mass is 10.1. The van der Waals surface area contributed by atoms with Crippen molar-refractivity contribution in [3.05, 3.63) is 28.8 Å². The van der Waals surface area contributed by atoms with Crippen LogP contribution in [0.25, 0.3) is 0 Å². The summed E-state index contributed by atoms with van der Waals surface area (Å²) in [6.07, 6.45) is -2.25. The minimum atomic E-state index is -4.57. The number of hydrogen-bond donors (Lipinski definition) is 2. The monoisotopic (exact) mass is 326 g/mol. The lowest BCUT2D eigenvalue weighted by Gasteiger charge is -2.14. The number of amides is 1. The molecule has 1 rings (SSSR count). The lowest BCUT2D eigenvalue weighted by Crippen LogP contribution is -2.36. The standard InChI is InChI=1S/C12H14ClF3N2OS/c1-20-5-4-10(17)11(19)18-7-2-3-9(13)8(6-7)12(14,15)16/h2-3,6,10H,4-5,17H2,1H3,(H,18,19)/t10-/m0/s1. The molecule has 1 amide bonds. The van der Waals surface area contributed by atoms with Gasteiger partial charge in [-0.1, -0.05) is 11.6 Å². The first-order valence-corrected chi connectivity index (χ1v) is 7.45. The Balaban J connectivity index is 2.81. The summed E-state index contributed by atoms with van der Waals surface area (Å²) in [7, 11) is 0. The Hall–Kier alpha value is -0.920. The number of nitrogens with one attached hydrogen (secondary N) is 1. The summed E-state index contributed by atoms with van der Waals surface area (Å²) >= 11 is 7.02. The Kier molecular flexibility index (Phi) is 6.16. The van der Waals surface area contributed by atoms with Crippen LogP contribution in [0.5, 0.6) is 0 Å². The normalized spacial score (nSPS) is 13.1. The van der Waals surface area contributed by atoms with E-state index in [1.807, 2.05) is 6.26 Å². The third-order valence-electron chi connectivity index (χ3n) is 2.51. The Morgan fingerprint density at radius 2 is 2.15 bits per heavy atom. The van der Waals surface area contributed by atoms with Gasteiger partial charge in [0.1, 0.15) is 0 Å². The molecule has 0 aliphatic heterocycles. The van der Waals surface area contributed by atoms with E-state index < -0.39 is 28.7 Å². The fourth-order valence-corrected chi connectivity index (χ4v) is 2.15. The summed E-state index contributed by atoms with van der Waals surface area (Å²) in [6.45, 7) is 0. The Morgan fingerprint density at radius 1 is 1.50 bits per heavy atom. The zero-order valence-corrected chi connectivity index (χ0v) is 12.2. The molecule has 0 heterocycles. The number of alkyl halides is 3. The van der Waals surface area contributed by atoms with E-state index in [0.29, 0.717) is 12.2 Å². The van der Waals surface area contributed by atoms with Crippen molar-refractivity contribution < 1.29 is 18.0 Å². The quantitative estimate of drug-likeness (QED) is 0.872. The molecule has 0 saturated carbocycles. The predicted octanol–water partition coefficient (Wildman–Crippen LogP) is 3.38. The average Bonchev–Trinajstić information content (AvgIpc) is 2.36. The average molecular weight is 327 g/mol. The van der Waals surface area contributed by atoms with Crippen molar-refractivity contribution in [2.24, 2.45) is 5.73 Å². The van der Waals surface area contributed by atoms with E-state index in [-0.39, 0.29) is 5.69 Å². The summed E-state index contributed by atoms with van der Waals surface area (Å²) in [6, 6.07) is 2.43. The van der Waals surface area contributed by atoms with E-state index in [9.17, 15) is 18.0 Å². The van der Waals surface area contributed by atoms with E-state index in [1.54, 1.807) is 0 Å². The van der Waals surface area contributed by atoms with Crippen LogP contribution in [0.4, 0.5) is 18.9 Å². The molecule has 3 N–H and O–H groups in total. The number of thioether (sulfide) groups is 1.